The van der Waals surface area contributed by atoms with E-state index in [0.717, 1.165) is 39.9 Å². The third-order valence-electron chi connectivity index (χ3n) is 4.50. The summed E-state index contributed by atoms with van der Waals surface area (Å²) in [6, 6.07) is 11.6. The number of rotatable bonds is 5. The van der Waals surface area contributed by atoms with Crippen molar-refractivity contribution in [1.29, 1.82) is 0 Å². The Morgan fingerprint density at radius 1 is 1.38 bits per heavy atom. The van der Waals surface area contributed by atoms with Gasteiger partial charge in [-0.3, -0.25) is 9.89 Å². The van der Waals surface area contributed by atoms with Gasteiger partial charge in [0, 0.05) is 29.5 Å². The summed E-state index contributed by atoms with van der Waals surface area (Å²) in [5.41, 5.74) is 3.28. The highest BCUT2D eigenvalue weighted by Gasteiger charge is 2.22. The molecule has 0 fully saturated rings. The van der Waals surface area contributed by atoms with E-state index in [4.69, 9.17) is 9.47 Å². The molecule has 2 heterocycles. The van der Waals surface area contributed by atoms with Crippen molar-refractivity contribution >= 4 is 16.8 Å². The topological polar surface area (TPSA) is 76.2 Å². The van der Waals surface area contributed by atoms with E-state index in [9.17, 15) is 4.79 Å². The Labute approximate surface area is 151 Å². The van der Waals surface area contributed by atoms with Gasteiger partial charge in [0.15, 0.2) is 5.69 Å². The lowest BCUT2D eigenvalue weighted by molar-refractivity contribution is 0.0947. The van der Waals surface area contributed by atoms with Crippen LogP contribution < -0.4 is 14.8 Å². The predicted octanol–water partition coefficient (Wildman–Crippen LogP) is 3.22. The Bertz CT molecular complexity index is 964. The smallest absolute Gasteiger partial charge is 0.272 e. The summed E-state index contributed by atoms with van der Waals surface area (Å²) in [4.78, 5) is 12.6. The maximum Gasteiger partial charge on any atom is 0.272 e. The van der Waals surface area contributed by atoms with Gasteiger partial charge in [-0.25, -0.2) is 0 Å². The van der Waals surface area contributed by atoms with Crippen LogP contribution in [-0.2, 0) is 13.0 Å². The standard InChI is InChI=1S/C20H21N3O3/c1-3-25-17-9-13-8-12(2)26-18(13)10-14(17)11-21-20(24)19-15-6-4-5-7-16(15)22-23-19/h4-7,9-10,12H,3,8,11H2,1-2H3,(H,21,24)(H,22,23). The molecule has 3 aromatic rings. The minimum Gasteiger partial charge on any atom is -0.494 e. The molecule has 2 N–H and O–H groups in total. The van der Waals surface area contributed by atoms with Crippen LogP contribution in [0.5, 0.6) is 11.5 Å². The van der Waals surface area contributed by atoms with Crippen molar-refractivity contribution < 1.29 is 14.3 Å². The highest BCUT2D eigenvalue weighted by atomic mass is 16.5. The van der Waals surface area contributed by atoms with Crippen molar-refractivity contribution in [2.75, 3.05) is 6.61 Å². The van der Waals surface area contributed by atoms with Crippen molar-refractivity contribution in [3.05, 3.63) is 53.2 Å². The van der Waals surface area contributed by atoms with Gasteiger partial charge in [-0.05, 0) is 32.0 Å². The molecule has 1 unspecified atom stereocenters. The number of H-pyrrole nitrogens is 1. The molecule has 1 aliphatic heterocycles. The van der Waals surface area contributed by atoms with Crippen LogP contribution in [0.3, 0.4) is 0 Å². The zero-order valence-corrected chi connectivity index (χ0v) is 14.8. The minimum atomic E-state index is -0.223. The van der Waals surface area contributed by atoms with Gasteiger partial charge in [-0.1, -0.05) is 18.2 Å². The average molecular weight is 351 g/mol. The molecule has 0 saturated carbocycles. The number of ether oxygens (including phenoxy) is 2. The summed E-state index contributed by atoms with van der Waals surface area (Å²) >= 11 is 0. The van der Waals surface area contributed by atoms with Gasteiger partial charge in [-0.2, -0.15) is 5.10 Å². The van der Waals surface area contributed by atoms with Crippen LogP contribution in [0.1, 0.15) is 35.5 Å². The summed E-state index contributed by atoms with van der Waals surface area (Å²) in [5.74, 6) is 1.44. The Hall–Kier alpha value is -3.02. The van der Waals surface area contributed by atoms with Crippen molar-refractivity contribution in [2.45, 2.75) is 32.9 Å². The SMILES string of the molecule is CCOc1cc2c(cc1CNC(=O)c1n[nH]c3ccccc13)OC(C)C2. The van der Waals surface area contributed by atoms with E-state index >= 15 is 0 Å². The van der Waals surface area contributed by atoms with Gasteiger partial charge in [0.25, 0.3) is 5.91 Å². The molecule has 2 aromatic carbocycles. The molecule has 26 heavy (non-hydrogen) atoms. The molecule has 6 nitrogen and oxygen atoms in total. The molecule has 0 saturated heterocycles. The maximum absolute atomic E-state index is 12.6. The normalized spacial score (nSPS) is 15.5. The molecule has 4 rings (SSSR count). The summed E-state index contributed by atoms with van der Waals surface area (Å²) in [6.45, 7) is 4.91. The van der Waals surface area contributed by atoms with Crippen LogP contribution in [0.15, 0.2) is 36.4 Å². The predicted molar refractivity (Wildman–Crippen MR) is 98.7 cm³/mol. The first-order valence-electron chi connectivity index (χ1n) is 8.82. The molecule has 0 radical (unpaired) electrons. The molecule has 1 aliphatic rings. The number of para-hydroxylation sites is 1. The van der Waals surface area contributed by atoms with Crippen molar-refractivity contribution in [2.24, 2.45) is 0 Å². The molecule has 0 bridgehead atoms. The fourth-order valence-electron chi connectivity index (χ4n) is 3.31. The zero-order valence-electron chi connectivity index (χ0n) is 14.8. The van der Waals surface area contributed by atoms with Crippen molar-refractivity contribution in [1.82, 2.24) is 15.5 Å². The molecular formula is C20H21N3O3. The Kier molecular flexibility index (Phi) is 4.24. The fraction of sp³-hybridized carbons (Fsp3) is 0.300. The van der Waals surface area contributed by atoms with Crippen molar-refractivity contribution in [3.63, 3.8) is 0 Å². The molecular weight excluding hydrogens is 330 g/mol. The highest BCUT2D eigenvalue weighted by molar-refractivity contribution is 6.04. The average Bonchev–Trinajstić information content (AvgIpc) is 3.22. The van der Waals surface area contributed by atoms with Crippen molar-refractivity contribution in [3.8, 4) is 11.5 Å². The van der Waals surface area contributed by atoms with Gasteiger partial charge in [0.1, 0.15) is 17.6 Å². The van der Waals surface area contributed by atoms with E-state index < -0.39 is 0 Å². The fourth-order valence-corrected chi connectivity index (χ4v) is 3.31. The second kappa shape index (κ2) is 6.71. The summed E-state index contributed by atoms with van der Waals surface area (Å²) in [5, 5.41) is 10.8. The minimum absolute atomic E-state index is 0.166. The molecule has 1 atom stereocenters. The number of benzene rings is 2. The monoisotopic (exact) mass is 351 g/mol. The second-order valence-electron chi connectivity index (χ2n) is 6.43. The summed E-state index contributed by atoms with van der Waals surface area (Å²) in [6.07, 6.45) is 1.04. The maximum atomic E-state index is 12.6. The number of amides is 1. The lowest BCUT2D eigenvalue weighted by Crippen LogP contribution is -2.23. The first-order valence-corrected chi connectivity index (χ1v) is 8.82. The van der Waals surface area contributed by atoms with E-state index in [0.29, 0.717) is 18.8 Å². The number of nitrogens with one attached hydrogen (secondary N) is 2. The summed E-state index contributed by atoms with van der Waals surface area (Å²) < 4.78 is 11.6. The number of carbonyl (C=O) groups excluding carboxylic acids is 1. The molecule has 134 valence electrons. The van der Waals surface area contributed by atoms with Gasteiger partial charge in [0.05, 0.1) is 12.1 Å². The Morgan fingerprint density at radius 3 is 3.08 bits per heavy atom. The van der Waals surface area contributed by atoms with Gasteiger partial charge < -0.3 is 14.8 Å². The third kappa shape index (κ3) is 2.98. The van der Waals surface area contributed by atoms with E-state index in [2.05, 4.69) is 15.5 Å². The van der Waals surface area contributed by atoms with E-state index in [1.807, 2.05) is 50.2 Å². The third-order valence-corrected chi connectivity index (χ3v) is 4.50. The van der Waals surface area contributed by atoms with Gasteiger partial charge in [-0.15, -0.1) is 0 Å². The number of nitrogens with zero attached hydrogens (tertiary/aromatic N) is 1. The number of carbonyl (C=O) groups is 1. The first-order chi connectivity index (χ1) is 12.7. The number of aromatic amines is 1. The van der Waals surface area contributed by atoms with Crippen LogP contribution in [0.25, 0.3) is 10.9 Å². The largest absolute Gasteiger partial charge is 0.494 e. The number of fused-ring (bicyclic) bond motifs is 2. The number of aromatic nitrogens is 2. The van der Waals surface area contributed by atoms with Crippen LogP contribution in [0, 0.1) is 0 Å². The van der Waals surface area contributed by atoms with Gasteiger partial charge in [0.2, 0.25) is 0 Å². The van der Waals surface area contributed by atoms with E-state index in [1.54, 1.807) is 0 Å². The lowest BCUT2D eigenvalue weighted by Gasteiger charge is -2.13. The highest BCUT2D eigenvalue weighted by Crippen LogP contribution is 2.35. The second-order valence-corrected chi connectivity index (χ2v) is 6.43. The lowest BCUT2D eigenvalue weighted by atomic mass is 10.1. The van der Waals surface area contributed by atoms with Crippen LogP contribution in [0.2, 0.25) is 0 Å². The first kappa shape index (κ1) is 16.4. The summed E-state index contributed by atoms with van der Waals surface area (Å²) in [7, 11) is 0. The van der Waals surface area contributed by atoms with E-state index in [-0.39, 0.29) is 12.0 Å². The van der Waals surface area contributed by atoms with Crippen LogP contribution in [-0.4, -0.2) is 28.8 Å². The van der Waals surface area contributed by atoms with Crippen LogP contribution in [0.4, 0.5) is 0 Å². The molecule has 1 amide bonds. The molecule has 0 aliphatic carbocycles. The molecule has 0 spiro atoms. The molecule has 1 aromatic heterocycles. The van der Waals surface area contributed by atoms with Crippen LogP contribution >= 0.6 is 0 Å². The number of hydrogen-bond donors (Lipinski definition) is 2. The molecule has 6 heteroatoms. The zero-order chi connectivity index (χ0) is 18.1. The quantitative estimate of drug-likeness (QED) is 0.740. The van der Waals surface area contributed by atoms with E-state index in [1.165, 1.54) is 0 Å². The number of hydrogen-bond acceptors (Lipinski definition) is 4. The Balaban J connectivity index is 1.55. The Morgan fingerprint density at radius 2 is 2.23 bits per heavy atom. The van der Waals surface area contributed by atoms with Gasteiger partial charge >= 0.3 is 0 Å².